The van der Waals surface area contributed by atoms with E-state index in [1.807, 2.05) is 0 Å². The number of hydrogen-bond donors (Lipinski definition) is 0. The topological polar surface area (TPSA) is 46.2 Å². The van der Waals surface area contributed by atoms with Crippen molar-refractivity contribution in [3.8, 4) is 28.7 Å². The van der Waals surface area contributed by atoms with Gasteiger partial charge in [0.1, 0.15) is 0 Å². The Hall–Kier alpha value is -2.08. The quantitative estimate of drug-likeness (QED) is 0.421. The van der Waals surface area contributed by atoms with E-state index in [0.717, 1.165) is 41.7 Å². The van der Waals surface area contributed by atoms with Gasteiger partial charge >= 0.3 is 0 Å². The summed E-state index contributed by atoms with van der Waals surface area (Å²) in [5, 5.41) is 0. The van der Waals surface area contributed by atoms with E-state index in [1.54, 1.807) is 28.4 Å². The first-order chi connectivity index (χ1) is 14.6. The van der Waals surface area contributed by atoms with Crippen molar-refractivity contribution < 1.29 is 23.7 Å². The molecule has 2 aromatic carbocycles. The summed E-state index contributed by atoms with van der Waals surface area (Å²) in [7, 11) is 6.64. The van der Waals surface area contributed by atoms with Crippen LogP contribution in [0.2, 0.25) is 0 Å². The Morgan fingerprint density at radius 2 is 1.27 bits per heavy atom. The highest BCUT2D eigenvalue weighted by molar-refractivity contribution is 9.10. The van der Waals surface area contributed by atoms with Crippen LogP contribution in [-0.4, -0.2) is 35.0 Å². The van der Waals surface area contributed by atoms with Crippen LogP contribution in [-0.2, 0) is 0 Å². The maximum atomic E-state index is 5.88. The predicted molar refractivity (Wildman–Crippen MR) is 122 cm³/mol. The van der Waals surface area contributed by atoms with Crippen molar-refractivity contribution in [2.45, 2.75) is 44.4 Å². The van der Waals surface area contributed by atoms with E-state index in [1.165, 1.54) is 11.1 Å². The fraction of sp³-hybridized carbons (Fsp3) is 0.500. The number of benzene rings is 2. The zero-order chi connectivity index (χ0) is 21.7. The van der Waals surface area contributed by atoms with Gasteiger partial charge in [0, 0.05) is 0 Å². The second-order valence-corrected chi connectivity index (χ2v) is 8.40. The molecule has 0 spiro atoms. The van der Waals surface area contributed by atoms with Gasteiger partial charge in [0.25, 0.3) is 0 Å². The molecule has 0 aliphatic heterocycles. The second kappa shape index (κ2) is 10.3. The van der Waals surface area contributed by atoms with E-state index in [2.05, 4.69) is 47.1 Å². The van der Waals surface area contributed by atoms with Crippen molar-refractivity contribution in [2.75, 3.05) is 35.0 Å². The van der Waals surface area contributed by atoms with Gasteiger partial charge in [-0.2, -0.15) is 0 Å². The summed E-state index contributed by atoms with van der Waals surface area (Å²) >= 11 is 3.68. The highest BCUT2D eigenvalue weighted by Crippen LogP contribution is 2.49. The zero-order valence-electron chi connectivity index (χ0n) is 18.4. The first kappa shape index (κ1) is 22.6. The number of halogens is 1. The van der Waals surface area contributed by atoms with Crippen LogP contribution in [0.15, 0.2) is 28.7 Å². The van der Waals surface area contributed by atoms with Crippen LogP contribution in [0.5, 0.6) is 28.7 Å². The first-order valence-corrected chi connectivity index (χ1v) is 11.2. The van der Waals surface area contributed by atoms with Crippen LogP contribution in [0.25, 0.3) is 0 Å². The van der Waals surface area contributed by atoms with Crippen molar-refractivity contribution in [1.82, 2.24) is 0 Å². The summed E-state index contributed by atoms with van der Waals surface area (Å²) in [5.41, 5.74) is 2.50. The molecule has 1 aliphatic carbocycles. The lowest BCUT2D eigenvalue weighted by molar-refractivity contribution is 0.292. The van der Waals surface area contributed by atoms with E-state index < -0.39 is 0 Å². The third kappa shape index (κ3) is 4.64. The van der Waals surface area contributed by atoms with E-state index in [-0.39, 0.29) is 0 Å². The zero-order valence-corrected chi connectivity index (χ0v) is 20.0. The summed E-state index contributed by atoms with van der Waals surface area (Å²) in [5.74, 6) is 4.50. The maximum Gasteiger partial charge on any atom is 0.203 e. The van der Waals surface area contributed by atoms with Crippen molar-refractivity contribution >= 4 is 15.9 Å². The van der Waals surface area contributed by atoms with Crippen molar-refractivity contribution in [1.29, 1.82) is 0 Å². The monoisotopic (exact) mass is 478 g/mol. The maximum absolute atomic E-state index is 5.88. The van der Waals surface area contributed by atoms with E-state index >= 15 is 0 Å². The Bertz CT molecular complexity index is 842. The van der Waals surface area contributed by atoms with Crippen LogP contribution >= 0.6 is 15.9 Å². The summed E-state index contributed by atoms with van der Waals surface area (Å²) in [6.45, 7) is 2.76. The third-order valence-electron chi connectivity index (χ3n) is 5.76. The molecule has 6 heteroatoms. The molecule has 30 heavy (non-hydrogen) atoms. The van der Waals surface area contributed by atoms with Gasteiger partial charge in [-0.1, -0.05) is 6.92 Å². The second-order valence-electron chi connectivity index (χ2n) is 7.55. The van der Waals surface area contributed by atoms with Gasteiger partial charge in [-0.25, -0.2) is 0 Å². The first-order valence-electron chi connectivity index (χ1n) is 10.4. The van der Waals surface area contributed by atoms with Gasteiger partial charge in [-0.05, 0) is 88.8 Å². The van der Waals surface area contributed by atoms with Crippen molar-refractivity contribution in [2.24, 2.45) is 0 Å². The van der Waals surface area contributed by atoms with Gasteiger partial charge in [0.05, 0.1) is 39.5 Å². The standard InChI is InChI=1S/C24H31BrO5/c1-6-9-30-23-19(25)11-17(12-20(23)26-2)15-7-8-16(10-15)18-13-21(27-3)24(29-5)22(14-18)28-4/h11-16H,6-10H2,1-5H3. The minimum atomic E-state index is 0.435. The Morgan fingerprint density at radius 3 is 1.73 bits per heavy atom. The molecule has 0 heterocycles. The predicted octanol–water partition coefficient (Wildman–Crippen LogP) is 6.32. The highest BCUT2D eigenvalue weighted by atomic mass is 79.9. The fourth-order valence-corrected chi connectivity index (χ4v) is 4.82. The molecule has 1 saturated carbocycles. The number of methoxy groups -OCH3 is 4. The molecule has 0 saturated heterocycles. The largest absolute Gasteiger partial charge is 0.493 e. The molecular formula is C24H31BrO5. The van der Waals surface area contributed by atoms with E-state index in [0.29, 0.717) is 35.7 Å². The molecule has 2 unspecified atom stereocenters. The van der Waals surface area contributed by atoms with Gasteiger partial charge in [0.2, 0.25) is 5.75 Å². The Morgan fingerprint density at radius 1 is 0.767 bits per heavy atom. The van der Waals surface area contributed by atoms with Crippen LogP contribution in [0, 0.1) is 0 Å². The van der Waals surface area contributed by atoms with Crippen LogP contribution < -0.4 is 23.7 Å². The molecule has 164 valence electrons. The molecule has 0 bridgehead atoms. The molecule has 1 fully saturated rings. The summed E-state index contributed by atoms with van der Waals surface area (Å²) in [6, 6.07) is 8.45. The lowest BCUT2D eigenvalue weighted by Gasteiger charge is -2.19. The molecule has 0 radical (unpaired) electrons. The third-order valence-corrected chi connectivity index (χ3v) is 6.35. The number of hydrogen-bond acceptors (Lipinski definition) is 5. The summed E-state index contributed by atoms with van der Waals surface area (Å²) in [4.78, 5) is 0. The van der Waals surface area contributed by atoms with Crippen molar-refractivity contribution in [3.05, 3.63) is 39.9 Å². The normalized spacial score (nSPS) is 18.2. The molecular weight excluding hydrogens is 448 g/mol. The minimum absolute atomic E-state index is 0.435. The summed E-state index contributed by atoms with van der Waals surface area (Å²) in [6.07, 6.45) is 4.24. The molecule has 3 rings (SSSR count). The SMILES string of the molecule is CCCOc1c(Br)cc(C2CCC(c3cc(OC)c(OC)c(OC)c3)C2)cc1OC. The summed E-state index contributed by atoms with van der Waals surface area (Å²) < 4.78 is 29.0. The molecule has 2 aromatic rings. The molecule has 5 nitrogen and oxygen atoms in total. The lowest BCUT2D eigenvalue weighted by Crippen LogP contribution is -2.02. The number of ether oxygens (including phenoxy) is 5. The van der Waals surface area contributed by atoms with Crippen LogP contribution in [0.4, 0.5) is 0 Å². The van der Waals surface area contributed by atoms with Crippen molar-refractivity contribution in [3.63, 3.8) is 0 Å². The average molecular weight is 479 g/mol. The van der Waals surface area contributed by atoms with Crippen LogP contribution in [0.3, 0.4) is 0 Å². The molecule has 2 atom stereocenters. The van der Waals surface area contributed by atoms with E-state index in [4.69, 9.17) is 23.7 Å². The van der Waals surface area contributed by atoms with Gasteiger partial charge < -0.3 is 23.7 Å². The number of rotatable bonds is 9. The molecule has 1 aliphatic rings. The minimum Gasteiger partial charge on any atom is -0.493 e. The van der Waals surface area contributed by atoms with Gasteiger partial charge in [-0.3, -0.25) is 0 Å². The Balaban J connectivity index is 1.84. The molecule has 0 amide bonds. The smallest absolute Gasteiger partial charge is 0.203 e. The van der Waals surface area contributed by atoms with Gasteiger partial charge in [-0.15, -0.1) is 0 Å². The van der Waals surface area contributed by atoms with E-state index in [9.17, 15) is 0 Å². The Kier molecular flexibility index (Phi) is 7.75. The van der Waals surface area contributed by atoms with Gasteiger partial charge in [0.15, 0.2) is 23.0 Å². The average Bonchev–Trinajstić information content (AvgIpc) is 3.27. The Labute approximate surface area is 187 Å². The molecule has 0 N–H and O–H groups in total. The molecule has 0 aromatic heterocycles. The van der Waals surface area contributed by atoms with Crippen LogP contribution in [0.1, 0.15) is 55.6 Å². The highest BCUT2D eigenvalue weighted by Gasteiger charge is 2.30. The lowest BCUT2D eigenvalue weighted by atomic mass is 9.92. The fourth-order valence-electron chi connectivity index (χ4n) is 4.24.